The van der Waals surface area contributed by atoms with E-state index in [0.29, 0.717) is 17.9 Å². The number of ether oxygens (including phenoxy) is 1. The van der Waals surface area contributed by atoms with Crippen molar-refractivity contribution >= 4 is 0 Å². The van der Waals surface area contributed by atoms with Crippen molar-refractivity contribution in [3.63, 3.8) is 0 Å². The third-order valence-electron chi connectivity index (χ3n) is 3.75. The first kappa shape index (κ1) is 16.4. The molecule has 4 nitrogen and oxygen atoms in total. The third kappa shape index (κ3) is 5.75. The summed E-state index contributed by atoms with van der Waals surface area (Å²) in [7, 11) is 0. The highest BCUT2D eigenvalue weighted by atomic mass is 16.5. The molecule has 1 aliphatic heterocycles. The summed E-state index contributed by atoms with van der Waals surface area (Å²) in [6.07, 6.45) is 1.08. The molecule has 2 atom stereocenters. The van der Waals surface area contributed by atoms with Gasteiger partial charge in [-0.1, -0.05) is 44.2 Å². The van der Waals surface area contributed by atoms with Gasteiger partial charge in [-0.3, -0.25) is 5.43 Å². The van der Waals surface area contributed by atoms with Crippen LogP contribution in [0.4, 0.5) is 0 Å². The largest absolute Gasteiger partial charge is 0.381 e. The van der Waals surface area contributed by atoms with Crippen LogP contribution >= 0.6 is 0 Å². The monoisotopic (exact) mass is 291 g/mol. The molecule has 0 amide bonds. The maximum Gasteiger partial charge on any atom is 0.0515 e. The van der Waals surface area contributed by atoms with Crippen LogP contribution in [0.5, 0.6) is 0 Å². The van der Waals surface area contributed by atoms with Crippen molar-refractivity contribution in [1.82, 2.24) is 16.2 Å². The molecule has 0 radical (unpaired) electrons. The zero-order chi connectivity index (χ0) is 14.9. The number of benzene rings is 1. The average Bonchev–Trinajstić information content (AvgIpc) is 2.95. The molecule has 1 aromatic rings. The van der Waals surface area contributed by atoms with Gasteiger partial charge in [0.15, 0.2) is 0 Å². The predicted molar refractivity (Wildman–Crippen MR) is 87.0 cm³/mol. The number of hydrogen-bond donors (Lipinski definition) is 3. The zero-order valence-corrected chi connectivity index (χ0v) is 13.3. The Bertz CT molecular complexity index is 383. The Labute approximate surface area is 128 Å². The second-order valence-corrected chi connectivity index (χ2v) is 6.20. The second-order valence-electron chi connectivity index (χ2n) is 6.20. The molecule has 0 saturated carbocycles. The fraction of sp³-hybridized carbons (Fsp3) is 0.647. The minimum Gasteiger partial charge on any atom is -0.381 e. The van der Waals surface area contributed by atoms with Crippen LogP contribution in [-0.2, 0) is 4.74 Å². The zero-order valence-electron chi connectivity index (χ0n) is 13.3. The van der Waals surface area contributed by atoms with Gasteiger partial charge in [-0.25, -0.2) is 5.43 Å². The number of nitrogens with one attached hydrogen (secondary N) is 3. The average molecular weight is 291 g/mol. The lowest BCUT2D eigenvalue weighted by Crippen LogP contribution is -2.29. The molecule has 1 fully saturated rings. The van der Waals surface area contributed by atoms with Gasteiger partial charge in [-0.15, -0.1) is 0 Å². The number of rotatable bonds is 9. The summed E-state index contributed by atoms with van der Waals surface area (Å²) in [5, 5.41) is 3.56. The lowest BCUT2D eigenvalue weighted by atomic mass is 9.95. The first-order valence-corrected chi connectivity index (χ1v) is 8.09. The molecule has 1 aromatic carbocycles. The third-order valence-corrected chi connectivity index (χ3v) is 3.75. The molecule has 0 bridgehead atoms. The van der Waals surface area contributed by atoms with Crippen LogP contribution in [-0.4, -0.2) is 32.8 Å². The van der Waals surface area contributed by atoms with E-state index in [1.807, 2.05) is 0 Å². The van der Waals surface area contributed by atoms with Crippen molar-refractivity contribution in [2.75, 3.05) is 32.8 Å². The standard InChI is InChI=1S/C17H29N3O/c1-14(2)13-21-10-6-9-18-11-16-12-19-20-17(16)15-7-4-3-5-8-15/h3-5,7-8,14,16-20H,6,9-13H2,1-2H3. The molecule has 21 heavy (non-hydrogen) atoms. The van der Waals surface area contributed by atoms with E-state index in [0.717, 1.165) is 39.3 Å². The fourth-order valence-electron chi connectivity index (χ4n) is 2.65. The molecule has 2 unspecified atom stereocenters. The molecule has 4 heteroatoms. The minimum atomic E-state index is 0.399. The Balaban J connectivity index is 1.62. The van der Waals surface area contributed by atoms with E-state index in [1.54, 1.807) is 0 Å². The van der Waals surface area contributed by atoms with E-state index >= 15 is 0 Å². The van der Waals surface area contributed by atoms with E-state index in [1.165, 1.54) is 5.56 Å². The topological polar surface area (TPSA) is 45.3 Å². The normalized spacial score (nSPS) is 22.0. The van der Waals surface area contributed by atoms with Gasteiger partial charge in [0.2, 0.25) is 0 Å². The highest BCUT2D eigenvalue weighted by Crippen LogP contribution is 2.23. The van der Waals surface area contributed by atoms with Crippen LogP contribution < -0.4 is 16.2 Å². The van der Waals surface area contributed by atoms with Crippen molar-refractivity contribution in [2.45, 2.75) is 26.3 Å². The fourth-order valence-corrected chi connectivity index (χ4v) is 2.65. The summed E-state index contributed by atoms with van der Waals surface area (Å²) in [5.41, 5.74) is 8.02. The second kappa shape index (κ2) is 9.15. The molecule has 1 saturated heterocycles. The first-order chi connectivity index (χ1) is 10.3. The summed E-state index contributed by atoms with van der Waals surface area (Å²) in [6.45, 7) is 9.15. The van der Waals surface area contributed by atoms with Gasteiger partial charge < -0.3 is 10.1 Å². The van der Waals surface area contributed by atoms with Crippen LogP contribution in [0.15, 0.2) is 30.3 Å². The van der Waals surface area contributed by atoms with E-state index in [9.17, 15) is 0 Å². The predicted octanol–water partition coefficient (Wildman–Crippen LogP) is 2.10. The van der Waals surface area contributed by atoms with E-state index < -0.39 is 0 Å². The van der Waals surface area contributed by atoms with Gasteiger partial charge in [-0.2, -0.15) is 0 Å². The van der Waals surface area contributed by atoms with Crippen LogP contribution in [0.3, 0.4) is 0 Å². The molecule has 118 valence electrons. The van der Waals surface area contributed by atoms with Gasteiger partial charge in [0, 0.05) is 32.2 Å². The first-order valence-electron chi connectivity index (χ1n) is 8.09. The molecule has 2 rings (SSSR count). The summed E-state index contributed by atoms with van der Waals surface area (Å²) >= 11 is 0. The lowest BCUT2D eigenvalue weighted by Gasteiger charge is -2.19. The van der Waals surface area contributed by atoms with Gasteiger partial charge in [0.1, 0.15) is 0 Å². The molecule has 0 aliphatic carbocycles. The molecule has 1 heterocycles. The Morgan fingerprint density at radius 3 is 2.86 bits per heavy atom. The van der Waals surface area contributed by atoms with Gasteiger partial charge in [0.25, 0.3) is 0 Å². The molecular formula is C17H29N3O. The highest BCUT2D eigenvalue weighted by molar-refractivity contribution is 5.20. The van der Waals surface area contributed by atoms with Crippen LogP contribution in [0.1, 0.15) is 31.9 Å². The Hall–Kier alpha value is -0.940. The Morgan fingerprint density at radius 2 is 2.10 bits per heavy atom. The minimum absolute atomic E-state index is 0.399. The SMILES string of the molecule is CC(C)COCCCNCC1CNNC1c1ccccc1. The van der Waals surface area contributed by atoms with Gasteiger partial charge in [0.05, 0.1) is 6.04 Å². The summed E-state index contributed by atoms with van der Waals surface area (Å²) in [4.78, 5) is 0. The molecule has 0 aromatic heterocycles. The smallest absolute Gasteiger partial charge is 0.0515 e. The van der Waals surface area contributed by atoms with E-state index in [2.05, 4.69) is 60.3 Å². The van der Waals surface area contributed by atoms with Crippen LogP contribution in [0.25, 0.3) is 0 Å². The van der Waals surface area contributed by atoms with Crippen molar-refractivity contribution in [3.8, 4) is 0 Å². The lowest BCUT2D eigenvalue weighted by molar-refractivity contribution is 0.108. The quantitative estimate of drug-likeness (QED) is 0.610. The van der Waals surface area contributed by atoms with Crippen molar-refractivity contribution in [3.05, 3.63) is 35.9 Å². The number of hydrogen-bond acceptors (Lipinski definition) is 4. The summed E-state index contributed by atoms with van der Waals surface area (Å²) < 4.78 is 5.59. The van der Waals surface area contributed by atoms with Gasteiger partial charge in [-0.05, 0) is 24.4 Å². The maximum absolute atomic E-state index is 5.59. The Morgan fingerprint density at radius 1 is 1.29 bits per heavy atom. The van der Waals surface area contributed by atoms with Gasteiger partial charge >= 0.3 is 0 Å². The number of hydrazine groups is 1. The summed E-state index contributed by atoms with van der Waals surface area (Å²) in [5.74, 6) is 1.21. The summed E-state index contributed by atoms with van der Waals surface area (Å²) in [6, 6.07) is 11.1. The van der Waals surface area contributed by atoms with Crippen molar-refractivity contribution < 1.29 is 4.74 Å². The Kier molecular flexibility index (Phi) is 7.16. The van der Waals surface area contributed by atoms with Crippen molar-refractivity contribution in [2.24, 2.45) is 11.8 Å². The van der Waals surface area contributed by atoms with Crippen LogP contribution in [0.2, 0.25) is 0 Å². The molecule has 3 N–H and O–H groups in total. The van der Waals surface area contributed by atoms with Crippen LogP contribution in [0, 0.1) is 11.8 Å². The molecule has 0 spiro atoms. The van der Waals surface area contributed by atoms with E-state index in [-0.39, 0.29) is 0 Å². The van der Waals surface area contributed by atoms with Crippen molar-refractivity contribution in [1.29, 1.82) is 0 Å². The van der Waals surface area contributed by atoms with E-state index in [4.69, 9.17) is 4.74 Å². The molecular weight excluding hydrogens is 262 g/mol. The molecule has 1 aliphatic rings. The highest BCUT2D eigenvalue weighted by Gasteiger charge is 2.27. The maximum atomic E-state index is 5.59.